The van der Waals surface area contributed by atoms with E-state index in [2.05, 4.69) is 29.3 Å². The summed E-state index contributed by atoms with van der Waals surface area (Å²) in [6.45, 7) is 1.82. The highest BCUT2D eigenvalue weighted by atomic mass is 16.5. The molecule has 0 N–H and O–H groups in total. The van der Waals surface area contributed by atoms with Crippen LogP contribution in [0.5, 0.6) is 5.75 Å². The number of nitriles is 1. The number of rotatable bonds is 0. The Balaban J connectivity index is 1.34. The molecule has 0 radical (unpaired) electrons. The Morgan fingerprint density at radius 2 is 2.08 bits per heavy atom. The van der Waals surface area contributed by atoms with Crippen LogP contribution in [0.1, 0.15) is 61.4 Å². The number of hydrogen-bond donors (Lipinski definition) is 0. The monoisotopic (exact) mass is 509 g/mol. The zero-order chi connectivity index (χ0) is 25.9. The van der Waals surface area contributed by atoms with Gasteiger partial charge >= 0.3 is 0 Å². The predicted octanol–water partition coefficient (Wildman–Crippen LogP) is 3.84. The Morgan fingerprint density at radius 1 is 1.16 bits per heavy atom. The molecule has 4 heterocycles. The molecule has 3 atom stereocenters. The molecule has 1 aromatic heterocycles. The van der Waals surface area contributed by atoms with Gasteiger partial charge in [0.1, 0.15) is 23.0 Å². The lowest BCUT2D eigenvalue weighted by Crippen LogP contribution is -2.53. The summed E-state index contributed by atoms with van der Waals surface area (Å²) in [6.07, 6.45) is 13.5. The SMILES string of the molecule is N#CC1CC=C2C=C1Oc1ccc3c(c1)[C@@H](CCC3)N1CC[C@]3(CCCN3C(=O)Cc3cncn3C2)C1=O. The molecule has 2 saturated heterocycles. The summed E-state index contributed by atoms with van der Waals surface area (Å²) in [4.78, 5) is 36.1. The van der Waals surface area contributed by atoms with Crippen LogP contribution in [0.3, 0.4) is 0 Å². The number of fused-ring (bicyclic) bond motifs is 5. The van der Waals surface area contributed by atoms with Crippen molar-refractivity contribution in [2.45, 2.75) is 69.5 Å². The number of aryl methyl sites for hydroxylation is 1. The molecule has 2 amide bonds. The van der Waals surface area contributed by atoms with Gasteiger partial charge in [0.2, 0.25) is 11.8 Å². The van der Waals surface area contributed by atoms with Crippen molar-refractivity contribution in [1.29, 1.82) is 5.26 Å². The van der Waals surface area contributed by atoms with Crippen molar-refractivity contribution in [3.05, 3.63) is 71.0 Å². The number of carbonyl (C=O) groups excluding carboxylic acids is 2. The van der Waals surface area contributed by atoms with Gasteiger partial charge in [0, 0.05) is 31.5 Å². The molecule has 2 aromatic rings. The molecule has 3 aliphatic heterocycles. The molecule has 1 spiro atoms. The van der Waals surface area contributed by atoms with E-state index in [1.165, 1.54) is 5.56 Å². The summed E-state index contributed by atoms with van der Waals surface area (Å²) in [7, 11) is 0. The highest BCUT2D eigenvalue weighted by molar-refractivity contribution is 5.94. The number of allylic oxidation sites excluding steroid dienone is 4. The quantitative estimate of drug-likeness (QED) is 0.538. The Kier molecular flexibility index (Phi) is 5.43. The first-order chi connectivity index (χ1) is 18.6. The molecule has 0 saturated carbocycles. The molecule has 8 heteroatoms. The van der Waals surface area contributed by atoms with Gasteiger partial charge < -0.3 is 19.1 Å². The molecule has 7 rings (SSSR count). The molecule has 38 heavy (non-hydrogen) atoms. The molecule has 194 valence electrons. The van der Waals surface area contributed by atoms with Gasteiger partial charge in [0.25, 0.3) is 0 Å². The van der Waals surface area contributed by atoms with E-state index < -0.39 is 5.54 Å². The lowest BCUT2D eigenvalue weighted by atomic mass is 9.86. The van der Waals surface area contributed by atoms with Gasteiger partial charge in [-0.2, -0.15) is 5.26 Å². The first-order valence-corrected chi connectivity index (χ1v) is 13.8. The molecule has 8 nitrogen and oxygen atoms in total. The Bertz CT molecular complexity index is 1430. The molecule has 5 aliphatic rings. The number of amides is 2. The normalized spacial score (nSPS) is 28.5. The van der Waals surface area contributed by atoms with E-state index in [0.29, 0.717) is 44.0 Å². The van der Waals surface area contributed by atoms with Crippen molar-refractivity contribution in [1.82, 2.24) is 19.4 Å². The van der Waals surface area contributed by atoms with Crippen molar-refractivity contribution in [2.75, 3.05) is 13.1 Å². The number of imidazole rings is 1. The van der Waals surface area contributed by atoms with Crippen LogP contribution in [-0.2, 0) is 29.0 Å². The molecule has 1 unspecified atom stereocenters. The van der Waals surface area contributed by atoms with Crippen LogP contribution in [-0.4, -0.2) is 49.8 Å². The first-order valence-electron chi connectivity index (χ1n) is 13.8. The van der Waals surface area contributed by atoms with Crippen LogP contribution in [0.2, 0.25) is 0 Å². The molecule has 2 aliphatic carbocycles. The van der Waals surface area contributed by atoms with Gasteiger partial charge in [-0.25, -0.2) is 4.98 Å². The third kappa shape index (κ3) is 3.59. The average molecular weight is 510 g/mol. The van der Waals surface area contributed by atoms with Gasteiger partial charge in [-0.15, -0.1) is 0 Å². The third-order valence-corrected chi connectivity index (χ3v) is 9.15. The summed E-state index contributed by atoms with van der Waals surface area (Å²) >= 11 is 0. The summed E-state index contributed by atoms with van der Waals surface area (Å²) < 4.78 is 8.38. The maximum atomic E-state index is 14.2. The second kappa shape index (κ2) is 8.87. The minimum atomic E-state index is -0.732. The number of ether oxygens (including phenoxy) is 1. The summed E-state index contributed by atoms with van der Waals surface area (Å²) in [5.74, 6) is 1.07. The van der Waals surface area contributed by atoms with E-state index in [-0.39, 0.29) is 30.2 Å². The van der Waals surface area contributed by atoms with Crippen LogP contribution < -0.4 is 4.74 Å². The van der Waals surface area contributed by atoms with Crippen molar-refractivity contribution in [2.24, 2.45) is 5.92 Å². The number of carbonyl (C=O) groups is 2. The van der Waals surface area contributed by atoms with Crippen molar-refractivity contribution in [3.63, 3.8) is 0 Å². The van der Waals surface area contributed by atoms with E-state index in [9.17, 15) is 14.9 Å². The molecular weight excluding hydrogens is 478 g/mol. The van der Waals surface area contributed by atoms with E-state index in [0.717, 1.165) is 48.9 Å². The lowest BCUT2D eigenvalue weighted by Gasteiger charge is -2.37. The van der Waals surface area contributed by atoms with Crippen LogP contribution in [0.25, 0.3) is 0 Å². The predicted molar refractivity (Wildman–Crippen MR) is 139 cm³/mol. The molecular formula is C30H31N5O3. The van der Waals surface area contributed by atoms with Crippen molar-refractivity contribution < 1.29 is 14.3 Å². The number of hydrogen-bond acceptors (Lipinski definition) is 5. The third-order valence-electron chi connectivity index (χ3n) is 9.15. The number of aromatic nitrogens is 2. The number of benzene rings is 1. The second-order valence-electron chi connectivity index (χ2n) is 11.2. The van der Waals surface area contributed by atoms with Crippen molar-refractivity contribution in [3.8, 4) is 11.8 Å². The maximum absolute atomic E-state index is 14.2. The highest BCUT2D eigenvalue weighted by Gasteiger charge is 2.56. The van der Waals surface area contributed by atoms with E-state index in [4.69, 9.17) is 4.74 Å². The lowest BCUT2D eigenvalue weighted by molar-refractivity contribution is -0.147. The van der Waals surface area contributed by atoms with E-state index in [1.807, 2.05) is 26.5 Å². The molecule has 2 fully saturated rings. The summed E-state index contributed by atoms with van der Waals surface area (Å²) in [6, 6.07) is 8.54. The average Bonchev–Trinajstić information content (AvgIpc) is 3.64. The fraction of sp³-hybridized carbons (Fsp3) is 0.467. The van der Waals surface area contributed by atoms with Crippen LogP contribution >= 0.6 is 0 Å². The molecule has 1 aromatic carbocycles. The van der Waals surface area contributed by atoms with Gasteiger partial charge in [-0.1, -0.05) is 12.1 Å². The molecule has 6 bridgehead atoms. The van der Waals surface area contributed by atoms with Crippen LogP contribution in [0.4, 0.5) is 0 Å². The first kappa shape index (κ1) is 23.3. The summed E-state index contributed by atoms with van der Waals surface area (Å²) in [5, 5.41) is 9.81. The van der Waals surface area contributed by atoms with Crippen LogP contribution in [0.15, 0.2) is 54.2 Å². The highest BCUT2D eigenvalue weighted by Crippen LogP contribution is 2.45. The zero-order valence-electron chi connectivity index (χ0n) is 21.4. The zero-order valence-corrected chi connectivity index (χ0v) is 21.4. The van der Waals surface area contributed by atoms with Gasteiger partial charge in [-0.3, -0.25) is 9.59 Å². The fourth-order valence-electron chi connectivity index (χ4n) is 7.22. The summed E-state index contributed by atoms with van der Waals surface area (Å²) in [5.41, 5.74) is 3.51. The van der Waals surface area contributed by atoms with Crippen LogP contribution in [0, 0.1) is 17.2 Å². The van der Waals surface area contributed by atoms with E-state index >= 15 is 0 Å². The Hall–Kier alpha value is -3.86. The smallest absolute Gasteiger partial charge is 0.249 e. The van der Waals surface area contributed by atoms with E-state index in [1.54, 1.807) is 12.5 Å². The van der Waals surface area contributed by atoms with Crippen molar-refractivity contribution >= 4 is 11.8 Å². The largest absolute Gasteiger partial charge is 0.460 e. The minimum absolute atomic E-state index is 0.00294. The minimum Gasteiger partial charge on any atom is -0.460 e. The number of nitrogens with zero attached hydrogens (tertiary/aromatic N) is 5. The fourth-order valence-corrected chi connectivity index (χ4v) is 7.22. The standard InChI is InChI=1S/C30H31N5O3/c31-16-22-6-5-20-13-27(22)38-24-8-7-21-3-1-4-26(25(21)15-24)34-12-10-30(29(34)37)9-2-11-35(30)28(36)14-23-17-32-19-33(23)18-20/h5,7-8,13,15,17,19,22,26H,1-4,6,9-12,14,18H2/t22?,26-,30-/m1/s1. The van der Waals surface area contributed by atoms with Gasteiger partial charge in [0.05, 0.1) is 24.9 Å². The van der Waals surface area contributed by atoms with Gasteiger partial charge in [-0.05, 0) is 79.9 Å². The second-order valence-corrected chi connectivity index (χ2v) is 11.2. The van der Waals surface area contributed by atoms with Gasteiger partial charge in [0.15, 0.2) is 0 Å². The topological polar surface area (TPSA) is 91.5 Å². The Morgan fingerprint density at radius 3 is 2.97 bits per heavy atom. The maximum Gasteiger partial charge on any atom is 0.249 e. The Labute approximate surface area is 222 Å².